The molecule has 1 saturated heterocycles. The Bertz CT molecular complexity index is 600. The van der Waals surface area contributed by atoms with Crippen LogP contribution < -0.4 is 0 Å². The summed E-state index contributed by atoms with van der Waals surface area (Å²) in [5.74, 6) is 0.974. The number of carbonyl (C=O) groups excluding carboxylic acids is 1. The maximum Gasteiger partial charge on any atom is 0.227 e. The van der Waals surface area contributed by atoms with E-state index in [2.05, 4.69) is 21.9 Å². The first-order valence-corrected chi connectivity index (χ1v) is 7.47. The van der Waals surface area contributed by atoms with Gasteiger partial charge in [0.05, 0.1) is 25.5 Å². The van der Waals surface area contributed by atoms with Crippen molar-refractivity contribution in [1.82, 2.24) is 19.8 Å². The minimum Gasteiger partial charge on any atom is -0.472 e. The lowest BCUT2D eigenvalue weighted by Crippen LogP contribution is -2.37. The van der Waals surface area contributed by atoms with Gasteiger partial charge >= 0.3 is 0 Å². The highest BCUT2D eigenvalue weighted by atomic mass is 16.3. The van der Waals surface area contributed by atoms with Crippen LogP contribution in [0.4, 0.5) is 0 Å². The van der Waals surface area contributed by atoms with E-state index in [0.29, 0.717) is 19.0 Å². The zero-order chi connectivity index (χ0) is 15.4. The Morgan fingerprint density at radius 2 is 2.27 bits per heavy atom. The molecular formula is C16H20N4O2. The van der Waals surface area contributed by atoms with Gasteiger partial charge in [-0.05, 0) is 31.2 Å². The van der Waals surface area contributed by atoms with Crippen LogP contribution in [0.1, 0.15) is 17.8 Å². The lowest BCUT2D eigenvalue weighted by molar-refractivity contribution is -0.129. The number of nitrogens with zero attached hydrogens (tertiary/aromatic N) is 4. The van der Waals surface area contributed by atoms with Crippen LogP contribution >= 0.6 is 0 Å². The molecule has 1 atom stereocenters. The zero-order valence-electron chi connectivity index (χ0n) is 12.7. The number of amides is 1. The van der Waals surface area contributed by atoms with Crippen molar-refractivity contribution >= 4 is 5.91 Å². The average molecular weight is 300 g/mol. The highest BCUT2D eigenvalue weighted by Crippen LogP contribution is 2.17. The van der Waals surface area contributed by atoms with E-state index in [-0.39, 0.29) is 5.91 Å². The van der Waals surface area contributed by atoms with Crippen molar-refractivity contribution in [2.75, 3.05) is 20.1 Å². The van der Waals surface area contributed by atoms with Gasteiger partial charge in [0.15, 0.2) is 0 Å². The van der Waals surface area contributed by atoms with Gasteiger partial charge < -0.3 is 9.32 Å². The Hall–Kier alpha value is -2.21. The van der Waals surface area contributed by atoms with E-state index in [1.807, 2.05) is 17.0 Å². The zero-order valence-corrected chi connectivity index (χ0v) is 12.7. The van der Waals surface area contributed by atoms with Crippen molar-refractivity contribution in [3.05, 3.63) is 48.4 Å². The van der Waals surface area contributed by atoms with Crippen molar-refractivity contribution in [2.45, 2.75) is 25.4 Å². The van der Waals surface area contributed by atoms with Crippen molar-refractivity contribution in [1.29, 1.82) is 0 Å². The van der Waals surface area contributed by atoms with E-state index in [1.165, 1.54) is 0 Å². The molecule has 2 aromatic rings. The van der Waals surface area contributed by atoms with Gasteiger partial charge in [0, 0.05) is 31.5 Å². The number of rotatable bonds is 5. The predicted molar refractivity (Wildman–Crippen MR) is 80.9 cm³/mol. The van der Waals surface area contributed by atoms with E-state index < -0.39 is 0 Å². The van der Waals surface area contributed by atoms with Gasteiger partial charge in [0.25, 0.3) is 0 Å². The summed E-state index contributed by atoms with van der Waals surface area (Å²) in [6.45, 7) is 2.27. The fourth-order valence-electron chi connectivity index (χ4n) is 2.77. The lowest BCUT2D eigenvalue weighted by Gasteiger charge is -2.23. The molecule has 6 heteroatoms. The Balaban J connectivity index is 1.52. The highest BCUT2D eigenvalue weighted by Gasteiger charge is 2.29. The Kier molecular flexibility index (Phi) is 4.48. The minimum absolute atomic E-state index is 0.160. The molecule has 2 aromatic heterocycles. The molecule has 1 aliphatic heterocycles. The van der Waals surface area contributed by atoms with E-state index in [4.69, 9.17) is 4.42 Å². The van der Waals surface area contributed by atoms with E-state index in [9.17, 15) is 4.79 Å². The molecular weight excluding hydrogens is 280 g/mol. The lowest BCUT2D eigenvalue weighted by atomic mass is 10.2. The molecule has 0 aliphatic carbocycles. The van der Waals surface area contributed by atoms with E-state index in [1.54, 1.807) is 24.9 Å². The van der Waals surface area contributed by atoms with Crippen molar-refractivity contribution in [3.63, 3.8) is 0 Å². The number of furan rings is 1. The molecule has 0 N–H and O–H groups in total. The molecule has 1 fully saturated rings. The normalized spacial score (nSPS) is 18.1. The van der Waals surface area contributed by atoms with Gasteiger partial charge in [-0.1, -0.05) is 0 Å². The van der Waals surface area contributed by atoms with Gasteiger partial charge in [0.1, 0.15) is 5.82 Å². The molecule has 0 aromatic carbocycles. The quantitative estimate of drug-likeness (QED) is 0.834. The first-order valence-electron chi connectivity index (χ1n) is 7.47. The summed E-state index contributed by atoms with van der Waals surface area (Å²) >= 11 is 0. The number of hydrogen-bond acceptors (Lipinski definition) is 5. The summed E-state index contributed by atoms with van der Waals surface area (Å²) in [4.78, 5) is 24.9. The van der Waals surface area contributed by atoms with Gasteiger partial charge in [-0.2, -0.15) is 0 Å². The molecule has 22 heavy (non-hydrogen) atoms. The number of likely N-dealkylation sites (N-methyl/N-ethyl adjacent to an activating group) is 1. The number of aromatic nitrogens is 2. The molecule has 1 aliphatic rings. The molecule has 0 saturated carbocycles. The number of carbonyl (C=O) groups is 1. The van der Waals surface area contributed by atoms with Crippen LogP contribution in [-0.2, 0) is 17.8 Å². The second kappa shape index (κ2) is 6.70. The number of likely N-dealkylation sites (tertiary alicyclic amines) is 1. The summed E-state index contributed by atoms with van der Waals surface area (Å²) in [6, 6.07) is 4.01. The maximum absolute atomic E-state index is 12.3. The topological polar surface area (TPSA) is 62.5 Å². The van der Waals surface area contributed by atoms with Crippen molar-refractivity contribution < 1.29 is 9.21 Å². The smallest absolute Gasteiger partial charge is 0.227 e. The van der Waals surface area contributed by atoms with Gasteiger partial charge in [-0.3, -0.25) is 9.69 Å². The summed E-state index contributed by atoms with van der Waals surface area (Å²) in [6.07, 6.45) is 8.14. The molecule has 1 amide bonds. The minimum atomic E-state index is 0.160. The second-order valence-electron chi connectivity index (χ2n) is 5.67. The third-order valence-electron chi connectivity index (χ3n) is 4.08. The van der Waals surface area contributed by atoms with Gasteiger partial charge in [-0.15, -0.1) is 0 Å². The van der Waals surface area contributed by atoms with Crippen LogP contribution in [0, 0.1) is 0 Å². The molecule has 0 bridgehead atoms. The first-order chi connectivity index (χ1) is 10.7. The Labute approximate surface area is 129 Å². The monoisotopic (exact) mass is 300 g/mol. The summed E-state index contributed by atoms with van der Waals surface area (Å²) < 4.78 is 5.01. The molecule has 0 unspecified atom stereocenters. The molecule has 3 heterocycles. The van der Waals surface area contributed by atoms with Crippen LogP contribution in [0.25, 0.3) is 0 Å². The predicted octanol–water partition coefficient (Wildman–Crippen LogP) is 1.34. The van der Waals surface area contributed by atoms with E-state index >= 15 is 0 Å². The summed E-state index contributed by atoms with van der Waals surface area (Å²) in [5, 5.41) is 0. The maximum atomic E-state index is 12.3. The van der Waals surface area contributed by atoms with Crippen molar-refractivity contribution in [2.24, 2.45) is 0 Å². The largest absolute Gasteiger partial charge is 0.472 e. The average Bonchev–Trinajstić information content (AvgIpc) is 3.19. The molecule has 3 rings (SSSR count). The third kappa shape index (κ3) is 3.51. The van der Waals surface area contributed by atoms with Crippen LogP contribution in [0.2, 0.25) is 0 Å². The third-order valence-corrected chi connectivity index (χ3v) is 4.08. The molecule has 0 radical (unpaired) electrons. The van der Waals surface area contributed by atoms with Gasteiger partial charge in [-0.25, -0.2) is 9.97 Å². The summed E-state index contributed by atoms with van der Waals surface area (Å²) in [5.41, 5.74) is 0.930. The highest BCUT2D eigenvalue weighted by molar-refractivity contribution is 5.79. The SMILES string of the molecule is CN(Cc1ncccn1)[C@@H]1CCN(C(=O)Cc2ccoc2)C1. The van der Waals surface area contributed by atoms with Crippen molar-refractivity contribution in [3.8, 4) is 0 Å². The van der Waals surface area contributed by atoms with E-state index in [0.717, 1.165) is 30.9 Å². The van der Waals surface area contributed by atoms with Crippen LogP contribution in [0.5, 0.6) is 0 Å². The Morgan fingerprint density at radius 1 is 1.45 bits per heavy atom. The van der Waals surface area contributed by atoms with Crippen LogP contribution in [0.15, 0.2) is 41.5 Å². The second-order valence-corrected chi connectivity index (χ2v) is 5.67. The molecule has 0 spiro atoms. The fourth-order valence-corrected chi connectivity index (χ4v) is 2.77. The summed E-state index contributed by atoms with van der Waals surface area (Å²) in [7, 11) is 2.06. The number of hydrogen-bond donors (Lipinski definition) is 0. The fraction of sp³-hybridized carbons (Fsp3) is 0.438. The van der Waals surface area contributed by atoms with Gasteiger partial charge in [0.2, 0.25) is 5.91 Å². The first kappa shape index (κ1) is 14.7. The standard InChI is InChI=1S/C16H20N4O2/c1-19(11-15-17-5-2-6-18-15)14-3-7-20(10-14)16(21)9-13-4-8-22-12-13/h2,4-6,8,12,14H,3,7,9-11H2,1H3/t14-/m1/s1. The Morgan fingerprint density at radius 3 is 3.00 bits per heavy atom. The molecule has 116 valence electrons. The van der Waals surface area contributed by atoms with Crippen LogP contribution in [-0.4, -0.2) is 51.9 Å². The molecule has 6 nitrogen and oxygen atoms in total. The van der Waals surface area contributed by atoms with Crippen LogP contribution in [0.3, 0.4) is 0 Å².